The van der Waals surface area contributed by atoms with Gasteiger partial charge in [-0.15, -0.1) is 0 Å². The Hall–Kier alpha value is -2.15. The molecule has 2 amide bonds. The number of carbonyl (C=O) groups is 2. The molecule has 0 aromatic carbocycles. The van der Waals surface area contributed by atoms with E-state index in [1.165, 1.54) is 12.3 Å². The molecule has 3 fully saturated rings. The molecule has 1 aromatic heterocycles. The average molecular weight is 419 g/mol. The molecule has 8 heteroatoms. The van der Waals surface area contributed by atoms with Crippen LogP contribution in [0.4, 0.5) is 10.2 Å². The first-order valence-corrected chi connectivity index (χ1v) is 10.7. The second kappa shape index (κ2) is 7.27. The molecule has 2 bridgehead atoms. The quantitative estimate of drug-likeness (QED) is 0.692. The topological polar surface area (TPSA) is 56.8 Å². The number of hydrogen-bond acceptors (Lipinski definition) is 4. The molecule has 0 aliphatic carbocycles. The van der Waals surface area contributed by atoms with Gasteiger partial charge in [-0.3, -0.25) is 9.59 Å². The molecule has 0 saturated carbocycles. The molecule has 0 unspecified atom stereocenters. The molecule has 1 aromatic rings. The minimum atomic E-state index is -0.470. The van der Waals surface area contributed by atoms with Crippen LogP contribution in [0, 0.1) is 17.7 Å². The number of hydrogen-bond donors (Lipinski definition) is 0. The Labute approximate surface area is 174 Å². The molecular formula is C21H24ClFN4O2. The maximum Gasteiger partial charge on any atom is 0.246 e. The zero-order valence-electron chi connectivity index (χ0n) is 16.1. The first-order valence-electron chi connectivity index (χ1n) is 10.3. The van der Waals surface area contributed by atoms with Gasteiger partial charge in [0.1, 0.15) is 6.04 Å². The zero-order valence-corrected chi connectivity index (χ0v) is 16.9. The van der Waals surface area contributed by atoms with Crippen molar-refractivity contribution in [2.24, 2.45) is 11.8 Å². The van der Waals surface area contributed by atoms with Crippen LogP contribution in [0.1, 0.15) is 25.7 Å². The Balaban J connectivity index is 1.49. The monoisotopic (exact) mass is 418 g/mol. The smallest absolute Gasteiger partial charge is 0.246 e. The van der Waals surface area contributed by atoms with Crippen molar-refractivity contribution in [1.29, 1.82) is 0 Å². The van der Waals surface area contributed by atoms with E-state index >= 15 is 0 Å². The van der Waals surface area contributed by atoms with Crippen LogP contribution >= 0.6 is 11.6 Å². The summed E-state index contributed by atoms with van der Waals surface area (Å²) in [5, 5.41) is 0.266. The predicted molar refractivity (Wildman–Crippen MR) is 107 cm³/mol. The van der Waals surface area contributed by atoms with Gasteiger partial charge in [-0.25, -0.2) is 9.37 Å². The standard InChI is InChI=1S/C21H24ClFN4O2/c22-15-9-16(23)20(24-10-15)26-11-13-8-14(12-26)19(21(29)25-6-1-2-7-25)27-17(13)4-3-5-18(27)28/h1-2,9-10,13-14,17,19H,3-8,11-12H2/t13-,14+,17+,19-/m1/s1. The van der Waals surface area contributed by atoms with Crippen LogP contribution in [0.3, 0.4) is 0 Å². The van der Waals surface area contributed by atoms with Crippen LogP contribution in [0.25, 0.3) is 0 Å². The number of pyridine rings is 1. The summed E-state index contributed by atoms with van der Waals surface area (Å²) in [5.74, 6) is 0.137. The maximum atomic E-state index is 14.6. The number of aromatic nitrogens is 1. The van der Waals surface area contributed by atoms with Crippen LogP contribution < -0.4 is 4.90 Å². The minimum Gasteiger partial charge on any atom is -0.353 e. The molecular weight excluding hydrogens is 395 g/mol. The van der Waals surface area contributed by atoms with E-state index in [0.717, 1.165) is 19.3 Å². The molecule has 4 aliphatic rings. The number of halogens is 2. The van der Waals surface area contributed by atoms with Crippen molar-refractivity contribution in [3.8, 4) is 0 Å². The predicted octanol–water partition coefficient (Wildman–Crippen LogP) is 2.48. The molecule has 0 N–H and O–H groups in total. The van der Waals surface area contributed by atoms with Crippen molar-refractivity contribution in [2.45, 2.75) is 37.8 Å². The van der Waals surface area contributed by atoms with E-state index in [4.69, 9.17) is 11.6 Å². The molecule has 6 nitrogen and oxygen atoms in total. The highest BCUT2D eigenvalue weighted by molar-refractivity contribution is 6.30. The lowest BCUT2D eigenvalue weighted by Crippen LogP contribution is -2.68. The molecule has 4 aliphatic heterocycles. The fourth-order valence-corrected chi connectivity index (χ4v) is 5.78. The van der Waals surface area contributed by atoms with Crippen LogP contribution in [0.5, 0.6) is 0 Å². The number of anilines is 1. The molecule has 0 radical (unpaired) electrons. The van der Waals surface area contributed by atoms with Gasteiger partial charge in [0.25, 0.3) is 0 Å². The average Bonchev–Trinajstić information content (AvgIpc) is 3.23. The SMILES string of the molecule is O=C([C@H]1[C@H]2C[C@H](CN(c3ncc(Cl)cc3F)C2)[C@@H]2CCCC(=O)N21)N1CC=CC1. The lowest BCUT2D eigenvalue weighted by Gasteiger charge is -2.56. The minimum absolute atomic E-state index is 0.0186. The van der Waals surface area contributed by atoms with Gasteiger partial charge in [-0.1, -0.05) is 23.8 Å². The Bertz CT molecular complexity index is 870. The van der Waals surface area contributed by atoms with Crippen molar-refractivity contribution < 1.29 is 14.0 Å². The van der Waals surface area contributed by atoms with Crippen LogP contribution in [0.15, 0.2) is 24.4 Å². The lowest BCUT2D eigenvalue weighted by atomic mass is 9.71. The normalized spacial score (nSPS) is 31.2. The highest BCUT2D eigenvalue weighted by Gasteiger charge is 2.53. The summed E-state index contributed by atoms with van der Waals surface area (Å²) < 4.78 is 14.6. The van der Waals surface area contributed by atoms with Gasteiger partial charge in [-0.05, 0) is 31.2 Å². The van der Waals surface area contributed by atoms with E-state index in [-0.39, 0.29) is 40.5 Å². The third-order valence-corrected chi connectivity index (χ3v) is 7.02. The van der Waals surface area contributed by atoms with Gasteiger partial charge in [-0.2, -0.15) is 0 Å². The number of carbonyl (C=O) groups excluding carboxylic acids is 2. The first-order chi connectivity index (χ1) is 14.0. The third-order valence-electron chi connectivity index (χ3n) is 6.81. The lowest BCUT2D eigenvalue weighted by molar-refractivity contribution is -0.160. The summed E-state index contributed by atoms with van der Waals surface area (Å²) >= 11 is 5.87. The number of nitrogens with zero attached hydrogens (tertiary/aromatic N) is 4. The summed E-state index contributed by atoms with van der Waals surface area (Å²) in [6.07, 6.45) is 8.57. The number of piperidine rings is 3. The van der Waals surface area contributed by atoms with Crippen LogP contribution in [-0.4, -0.2) is 64.9 Å². The molecule has 154 valence electrons. The van der Waals surface area contributed by atoms with Crippen molar-refractivity contribution in [1.82, 2.24) is 14.8 Å². The van der Waals surface area contributed by atoms with Gasteiger partial charge in [0.15, 0.2) is 11.6 Å². The molecule has 5 heterocycles. The van der Waals surface area contributed by atoms with Gasteiger partial charge in [0.2, 0.25) is 11.8 Å². The van der Waals surface area contributed by atoms with Crippen molar-refractivity contribution in [3.05, 3.63) is 35.3 Å². The second-order valence-electron chi connectivity index (χ2n) is 8.54. The number of rotatable bonds is 2. The summed E-state index contributed by atoms with van der Waals surface area (Å²) in [7, 11) is 0. The molecule has 3 saturated heterocycles. The first kappa shape index (κ1) is 18.9. The van der Waals surface area contributed by atoms with E-state index in [2.05, 4.69) is 4.98 Å². The summed E-state index contributed by atoms with van der Waals surface area (Å²) in [6, 6.07) is 0.848. The highest BCUT2D eigenvalue weighted by atomic mass is 35.5. The van der Waals surface area contributed by atoms with E-state index in [0.29, 0.717) is 32.6 Å². The number of amides is 2. The van der Waals surface area contributed by atoms with E-state index < -0.39 is 11.9 Å². The van der Waals surface area contributed by atoms with Gasteiger partial charge < -0.3 is 14.7 Å². The highest BCUT2D eigenvalue weighted by Crippen LogP contribution is 2.43. The number of fused-ring (bicyclic) bond motifs is 4. The Morgan fingerprint density at radius 2 is 1.97 bits per heavy atom. The molecule has 29 heavy (non-hydrogen) atoms. The fourth-order valence-electron chi connectivity index (χ4n) is 5.63. The van der Waals surface area contributed by atoms with Crippen molar-refractivity contribution >= 4 is 29.2 Å². The van der Waals surface area contributed by atoms with Crippen molar-refractivity contribution in [2.75, 3.05) is 31.1 Å². The third kappa shape index (κ3) is 3.19. The zero-order chi connectivity index (χ0) is 20.1. The van der Waals surface area contributed by atoms with Crippen LogP contribution in [-0.2, 0) is 9.59 Å². The fraction of sp³-hybridized carbons (Fsp3) is 0.571. The Kier molecular flexibility index (Phi) is 4.73. The second-order valence-corrected chi connectivity index (χ2v) is 8.98. The van der Waals surface area contributed by atoms with Gasteiger partial charge in [0, 0.05) is 50.8 Å². The van der Waals surface area contributed by atoms with Crippen molar-refractivity contribution in [3.63, 3.8) is 0 Å². The summed E-state index contributed by atoms with van der Waals surface area (Å²) in [5.41, 5.74) is 0. The largest absolute Gasteiger partial charge is 0.353 e. The summed E-state index contributed by atoms with van der Waals surface area (Å²) in [6.45, 7) is 2.34. The molecule has 5 rings (SSSR count). The Morgan fingerprint density at radius 1 is 1.21 bits per heavy atom. The van der Waals surface area contributed by atoms with E-state index in [1.54, 1.807) is 0 Å². The van der Waals surface area contributed by atoms with Gasteiger partial charge in [0.05, 0.1) is 5.02 Å². The van der Waals surface area contributed by atoms with E-state index in [9.17, 15) is 14.0 Å². The molecule has 0 spiro atoms. The summed E-state index contributed by atoms with van der Waals surface area (Å²) in [4.78, 5) is 36.2. The van der Waals surface area contributed by atoms with Gasteiger partial charge >= 0.3 is 0 Å². The van der Waals surface area contributed by atoms with E-state index in [1.807, 2.05) is 26.9 Å². The maximum absolute atomic E-state index is 14.6. The Morgan fingerprint density at radius 3 is 2.72 bits per heavy atom. The van der Waals surface area contributed by atoms with Crippen LogP contribution in [0.2, 0.25) is 5.02 Å². The molecule has 4 atom stereocenters.